The number of hydrogen-bond donors (Lipinski definition) is 3. The molecule has 14 heteroatoms. The number of rotatable bonds is 9. The van der Waals surface area contributed by atoms with Crippen LogP contribution in [0.15, 0.2) is 18.2 Å². The molecule has 304 valence electrons. The van der Waals surface area contributed by atoms with Crippen molar-refractivity contribution in [1.82, 2.24) is 20.2 Å². The Bertz CT molecular complexity index is 1920. The summed E-state index contributed by atoms with van der Waals surface area (Å²) < 4.78 is 60.0. The zero-order chi connectivity index (χ0) is 39.8. The van der Waals surface area contributed by atoms with Crippen molar-refractivity contribution in [3.63, 3.8) is 0 Å². The van der Waals surface area contributed by atoms with Gasteiger partial charge in [0.05, 0.1) is 0 Å². The summed E-state index contributed by atoms with van der Waals surface area (Å²) in [5, 5.41) is 16.1. The van der Waals surface area contributed by atoms with Crippen LogP contribution < -0.4 is 20.3 Å². The number of hydrogen-bond acceptors (Lipinski definition) is 10. The van der Waals surface area contributed by atoms with E-state index >= 15 is 0 Å². The molecule has 11 nitrogen and oxygen atoms in total. The molecule has 4 saturated heterocycles. The van der Waals surface area contributed by atoms with Crippen molar-refractivity contribution < 1.29 is 32.2 Å². The minimum Gasteiger partial charge on any atom is -0.481 e. The predicted octanol–water partition coefficient (Wildman–Crippen LogP) is 8.35. The Morgan fingerprint density at radius 2 is 1.82 bits per heavy atom. The zero-order valence-corrected chi connectivity index (χ0v) is 33.3. The maximum atomic E-state index is 14.2. The lowest BCUT2D eigenvalue weighted by molar-refractivity contribution is -0.153. The van der Waals surface area contributed by atoms with E-state index in [1.165, 1.54) is 6.21 Å². The van der Waals surface area contributed by atoms with E-state index in [0.717, 1.165) is 69.2 Å². The number of aromatic nitrogens is 2. The van der Waals surface area contributed by atoms with Crippen LogP contribution in [0.3, 0.4) is 0 Å². The quantitative estimate of drug-likeness (QED) is 0.184. The molecule has 1 atom stereocenters. The predicted molar refractivity (Wildman–Crippen MR) is 212 cm³/mol. The van der Waals surface area contributed by atoms with Crippen LogP contribution >= 0.6 is 0 Å². The van der Waals surface area contributed by atoms with Gasteiger partial charge in [0.2, 0.25) is 0 Å². The Labute approximate surface area is 327 Å². The summed E-state index contributed by atoms with van der Waals surface area (Å²) in [4.78, 5) is 27.1. The maximum absolute atomic E-state index is 14.2. The molecule has 7 rings (SSSR count). The zero-order valence-electron chi connectivity index (χ0n) is 33.3. The van der Waals surface area contributed by atoms with Crippen molar-refractivity contribution in [2.24, 2.45) is 5.41 Å². The number of ether oxygens (including phenoxy) is 3. The third-order valence-electron chi connectivity index (χ3n) is 11.7. The molecule has 1 aromatic heterocycles. The highest BCUT2D eigenvalue weighted by atomic mass is 19.4. The van der Waals surface area contributed by atoms with Gasteiger partial charge < -0.3 is 40.1 Å². The lowest BCUT2D eigenvalue weighted by Crippen LogP contribution is -2.62. The summed E-state index contributed by atoms with van der Waals surface area (Å²) in [7, 11) is 0. The average molecular weight is 780 g/mol. The molecule has 56 heavy (non-hydrogen) atoms. The first kappa shape index (κ1) is 40.0. The fourth-order valence-corrected chi connectivity index (χ4v) is 8.73. The standard InChI is InChI=1S/C42H56F3N7O4/c1-6-27-21-29-35(36(55-25-42(43,44)45)34(27)33-26(2)10-11-31(30(33)22-46)48-32-9-7-8-20-54-32)49-37(28-12-16-47-17-13-28)50-38(29)51-18-14-41(15-19-51)23-52(24-41)39(53)56-40(3,4)5/h10-11,21-22,28,32,46-48H,6-9,12-20,23-25H2,1-5H3. The van der Waals surface area contributed by atoms with E-state index in [1.807, 2.05) is 52.8 Å². The first-order valence-corrected chi connectivity index (χ1v) is 20.2. The molecule has 1 amide bonds. The van der Waals surface area contributed by atoms with Gasteiger partial charge in [0.15, 0.2) is 12.4 Å². The summed E-state index contributed by atoms with van der Waals surface area (Å²) in [6.07, 6.45) is 2.74. The van der Waals surface area contributed by atoms with Gasteiger partial charge in [0.25, 0.3) is 0 Å². The van der Waals surface area contributed by atoms with Crippen LogP contribution in [0, 0.1) is 17.7 Å². The number of fused-ring (bicyclic) bond motifs is 1. The van der Waals surface area contributed by atoms with E-state index in [2.05, 4.69) is 15.5 Å². The van der Waals surface area contributed by atoms with Crippen LogP contribution in [0.5, 0.6) is 5.75 Å². The molecule has 0 saturated carbocycles. The smallest absolute Gasteiger partial charge is 0.422 e. The Hall–Kier alpha value is -4.17. The second kappa shape index (κ2) is 16.0. The maximum Gasteiger partial charge on any atom is 0.422 e. The van der Waals surface area contributed by atoms with E-state index in [4.69, 9.17) is 29.6 Å². The molecule has 0 bridgehead atoms. The van der Waals surface area contributed by atoms with Gasteiger partial charge in [0, 0.05) is 72.5 Å². The second-order valence-corrected chi connectivity index (χ2v) is 17.0. The van der Waals surface area contributed by atoms with Crippen molar-refractivity contribution >= 4 is 34.7 Å². The van der Waals surface area contributed by atoms with Gasteiger partial charge in [-0.2, -0.15) is 13.2 Å². The minimum absolute atomic E-state index is 0.0146. The van der Waals surface area contributed by atoms with Gasteiger partial charge >= 0.3 is 12.3 Å². The lowest BCUT2D eigenvalue weighted by Gasteiger charge is -2.53. The largest absolute Gasteiger partial charge is 0.481 e. The van der Waals surface area contributed by atoms with Crippen molar-refractivity contribution in [3.05, 3.63) is 40.7 Å². The Kier molecular flexibility index (Phi) is 11.4. The summed E-state index contributed by atoms with van der Waals surface area (Å²) in [5.74, 6) is 1.40. The Balaban J connectivity index is 1.34. The van der Waals surface area contributed by atoms with Gasteiger partial charge in [-0.3, -0.25) is 0 Å². The number of piperidine rings is 2. The molecule has 2 aromatic carbocycles. The summed E-state index contributed by atoms with van der Waals surface area (Å²) in [6.45, 7) is 12.9. The highest BCUT2D eigenvalue weighted by Crippen LogP contribution is 2.48. The van der Waals surface area contributed by atoms with Crippen LogP contribution in [-0.4, -0.2) is 97.7 Å². The number of nitrogens with one attached hydrogen (secondary N) is 3. The second-order valence-electron chi connectivity index (χ2n) is 17.0. The minimum atomic E-state index is -4.60. The molecule has 0 radical (unpaired) electrons. The molecule has 4 aliphatic rings. The number of anilines is 2. The highest BCUT2D eigenvalue weighted by Gasteiger charge is 2.48. The van der Waals surface area contributed by atoms with E-state index in [1.54, 1.807) is 4.90 Å². The normalized spacial score (nSPS) is 20.5. The fraction of sp³-hybridized carbons (Fsp3) is 0.619. The number of benzene rings is 2. The van der Waals surface area contributed by atoms with Crippen molar-refractivity contribution in [1.29, 1.82) is 5.41 Å². The number of alkyl halides is 3. The number of likely N-dealkylation sites (tertiary alicyclic amines) is 1. The number of halogens is 3. The van der Waals surface area contributed by atoms with Crippen LogP contribution in [0.4, 0.5) is 29.5 Å². The van der Waals surface area contributed by atoms with Crippen molar-refractivity contribution in [3.8, 4) is 16.9 Å². The van der Waals surface area contributed by atoms with Crippen LogP contribution in [0.1, 0.15) is 101 Å². The van der Waals surface area contributed by atoms with Gasteiger partial charge in [-0.15, -0.1) is 0 Å². The molecule has 4 fully saturated rings. The highest BCUT2D eigenvalue weighted by molar-refractivity contribution is 6.05. The number of amides is 1. The Morgan fingerprint density at radius 1 is 1.09 bits per heavy atom. The van der Waals surface area contributed by atoms with Gasteiger partial charge in [-0.1, -0.05) is 13.0 Å². The molecule has 4 aliphatic heterocycles. The van der Waals surface area contributed by atoms with E-state index < -0.39 is 18.4 Å². The summed E-state index contributed by atoms with van der Waals surface area (Å²) in [5.41, 5.74) is 3.75. The number of carbonyl (C=O) groups excluding carboxylic acids is 1. The van der Waals surface area contributed by atoms with Crippen LogP contribution in [-0.2, 0) is 15.9 Å². The van der Waals surface area contributed by atoms with E-state index in [0.29, 0.717) is 84.1 Å². The third-order valence-corrected chi connectivity index (χ3v) is 11.7. The van der Waals surface area contributed by atoms with E-state index in [9.17, 15) is 18.0 Å². The number of nitrogens with zero attached hydrogens (tertiary/aromatic N) is 4. The molecule has 5 heterocycles. The van der Waals surface area contributed by atoms with Gasteiger partial charge in [-0.05, 0) is 121 Å². The van der Waals surface area contributed by atoms with Crippen LogP contribution in [0.25, 0.3) is 22.0 Å². The van der Waals surface area contributed by atoms with Crippen LogP contribution in [0.2, 0.25) is 0 Å². The molecule has 1 unspecified atom stereocenters. The average Bonchev–Trinajstić information content (AvgIpc) is 3.15. The van der Waals surface area contributed by atoms with Gasteiger partial charge in [-0.25, -0.2) is 14.8 Å². The van der Waals surface area contributed by atoms with Crippen molar-refractivity contribution in [2.75, 3.05) is 62.7 Å². The molecular weight excluding hydrogens is 724 g/mol. The topological polar surface area (TPSA) is 125 Å². The first-order valence-electron chi connectivity index (χ1n) is 20.2. The molecule has 0 aliphatic carbocycles. The monoisotopic (exact) mass is 779 g/mol. The van der Waals surface area contributed by atoms with Crippen molar-refractivity contribution in [2.45, 2.75) is 110 Å². The molecular formula is C42H56F3N7O4. The fourth-order valence-electron chi connectivity index (χ4n) is 8.73. The van der Waals surface area contributed by atoms with E-state index in [-0.39, 0.29) is 29.4 Å². The molecule has 1 spiro atoms. The molecule has 3 N–H and O–H groups in total. The molecule has 3 aromatic rings. The Morgan fingerprint density at radius 3 is 2.45 bits per heavy atom. The summed E-state index contributed by atoms with van der Waals surface area (Å²) >= 11 is 0. The first-order chi connectivity index (χ1) is 26.7. The number of aryl methyl sites for hydroxylation is 2. The lowest BCUT2D eigenvalue weighted by atomic mass is 9.72. The number of carbonyl (C=O) groups is 1. The van der Waals surface area contributed by atoms with Gasteiger partial charge in [0.1, 0.15) is 29.0 Å². The third kappa shape index (κ3) is 8.56. The summed E-state index contributed by atoms with van der Waals surface area (Å²) in [6, 6.07) is 5.88. The SMILES string of the molecule is CCc1cc2c(N3CCC4(CC3)CN(C(=O)OC(C)(C)C)C4)nc(C3CCNCC3)nc2c(OCC(F)(F)F)c1-c1c(C)ccc(NC2CCCCO2)c1C=N.